The van der Waals surface area contributed by atoms with Crippen LogP contribution in [0.5, 0.6) is 0 Å². The molecule has 0 radical (unpaired) electrons. The van der Waals surface area contributed by atoms with Gasteiger partial charge in [0.1, 0.15) is 5.69 Å². The number of aromatic amines is 1. The average molecular weight is 396 g/mol. The van der Waals surface area contributed by atoms with Crippen molar-refractivity contribution in [2.75, 3.05) is 13.1 Å². The van der Waals surface area contributed by atoms with Gasteiger partial charge in [0.2, 0.25) is 5.91 Å². The molecule has 6 heteroatoms. The second-order valence-electron chi connectivity index (χ2n) is 7.21. The third-order valence-electron chi connectivity index (χ3n) is 5.20. The molecule has 0 aliphatic carbocycles. The zero-order chi connectivity index (χ0) is 19.5. The van der Waals surface area contributed by atoms with Gasteiger partial charge in [0.25, 0.3) is 5.91 Å². The lowest BCUT2D eigenvalue weighted by molar-refractivity contribution is -0.126. The van der Waals surface area contributed by atoms with E-state index >= 15 is 0 Å². The third kappa shape index (κ3) is 4.04. The topological polar surface area (TPSA) is 65.2 Å². The Labute approximate surface area is 168 Å². The number of rotatable bonds is 4. The monoisotopic (exact) mass is 395 g/mol. The molecule has 1 fully saturated rings. The number of halogens is 1. The molecule has 2 N–H and O–H groups in total. The summed E-state index contributed by atoms with van der Waals surface area (Å²) < 4.78 is 0. The maximum absolute atomic E-state index is 12.9. The van der Waals surface area contributed by atoms with E-state index in [4.69, 9.17) is 11.6 Å². The number of carbonyl (C=O) groups is 2. The smallest absolute Gasteiger partial charge is 0.270 e. The number of benzene rings is 2. The van der Waals surface area contributed by atoms with Gasteiger partial charge in [-0.15, -0.1) is 0 Å². The molecule has 0 bridgehead atoms. The summed E-state index contributed by atoms with van der Waals surface area (Å²) >= 11 is 5.99. The highest BCUT2D eigenvalue weighted by Gasteiger charge is 2.29. The van der Waals surface area contributed by atoms with Crippen LogP contribution in [0.2, 0.25) is 5.02 Å². The molecule has 2 aromatic carbocycles. The highest BCUT2D eigenvalue weighted by molar-refractivity contribution is 6.30. The maximum Gasteiger partial charge on any atom is 0.270 e. The van der Waals surface area contributed by atoms with Crippen LogP contribution in [0.3, 0.4) is 0 Å². The van der Waals surface area contributed by atoms with Crippen molar-refractivity contribution in [2.45, 2.75) is 19.4 Å². The van der Waals surface area contributed by atoms with Crippen molar-refractivity contribution in [2.24, 2.45) is 5.92 Å². The summed E-state index contributed by atoms with van der Waals surface area (Å²) in [6, 6.07) is 17.1. The predicted octanol–water partition coefficient (Wildman–Crippen LogP) is 3.99. The number of hydrogen-bond donors (Lipinski definition) is 2. The molecule has 1 aliphatic heterocycles. The first-order valence-electron chi connectivity index (χ1n) is 9.49. The number of amides is 2. The molecule has 1 saturated heterocycles. The minimum atomic E-state index is -0.193. The van der Waals surface area contributed by atoms with Crippen LogP contribution in [-0.2, 0) is 11.3 Å². The average Bonchev–Trinajstić information content (AvgIpc) is 3.16. The van der Waals surface area contributed by atoms with Gasteiger partial charge in [-0.05, 0) is 42.7 Å². The van der Waals surface area contributed by atoms with E-state index in [2.05, 4.69) is 10.3 Å². The first kappa shape index (κ1) is 18.6. The molecule has 1 atom stereocenters. The Balaban J connectivity index is 1.39. The molecular weight excluding hydrogens is 374 g/mol. The Bertz CT molecular complexity index is 981. The van der Waals surface area contributed by atoms with Crippen LogP contribution in [0.4, 0.5) is 0 Å². The second kappa shape index (κ2) is 8.07. The molecule has 144 valence electrons. The van der Waals surface area contributed by atoms with Crippen LogP contribution < -0.4 is 5.32 Å². The normalized spacial score (nSPS) is 16.9. The van der Waals surface area contributed by atoms with Gasteiger partial charge in [-0.1, -0.05) is 41.9 Å². The van der Waals surface area contributed by atoms with E-state index in [1.165, 1.54) is 0 Å². The van der Waals surface area contributed by atoms with E-state index in [0.717, 1.165) is 29.3 Å². The summed E-state index contributed by atoms with van der Waals surface area (Å²) in [5.74, 6) is -0.265. The van der Waals surface area contributed by atoms with Crippen molar-refractivity contribution in [3.63, 3.8) is 0 Å². The fraction of sp³-hybridized carbons (Fsp3) is 0.273. The minimum absolute atomic E-state index is 0.0193. The number of fused-ring (bicyclic) bond motifs is 1. The number of H-pyrrole nitrogens is 1. The maximum atomic E-state index is 12.9. The minimum Gasteiger partial charge on any atom is -0.352 e. The highest BCUT2D eigenvalue weighted by atomic mass is 35.5. The third-order valence-corrected chi connectivity index (χ3v) is 5.43. The molecule has 1 aliphatic rings. The molecular formula is C22H22ClN3O2. The Morgan fingerprint density at radius 2 is 2.00 bits per heavy atom. The van der Waals surface area contributed by atoms with Crippen LogP contribution >= 0.6 is 11.6 Å². The zero-order valence-corrected chi connectivity index (χ0v) is 16.2. The van der Waals surface area contributed by atoms with Gasteiger partial charge in [0, 0.05) is 35.6 Å². The van der Waals surface area contributed by atoms with Gasteiger partial charge >= 0.3 is 0 Å². The number of para-hydroxylation sites is 1. The summed E-state index contributed by atoms with van der Waals surface area (Å²) in [6.07, 6.45) is 1.61. The molecule has 2 amide bonds. The fourth-order valence-corrected chi connectivity index (χ4v) is 3.93. The van der Waals surface area contributed by atoms with Gasteiger partial charge in [-0.2, -0.15) is 0 Å². The number of likely N-dealkylation sites (tertiary alicyclic amines) is 1. The SMILES string of the molecule is O=C(NCc1cccc(Cl)c1)C1CCCN(C(=O)c2cc3ccccc3[nH]2)C1. The quantitative estimate of drug-likeness (QED) is 0.701. The molecule has 0 saturated carbocycles. The number of nitrogens with one attached hydrogen (secondary N) is 2. The molecule has 4 rings (SSSR count). The lowest BCUT2D eigenvalue weighted by Crippen LogP contribution is -2.45. The first-order valence-corrected chi connectivity index (χ1v) is 9.87. The zero-order valence-electron chi connectivity index (χ0n) is 15.5. The van der Waals surface area contributed by atoms with Crippen molar-refractivity contribution in [1.82, 2.24) is 15.2 Å². The lowest BCUT2D eigenvalue weighted by atomic mass is 9.96. The van der Waals surface area contributed by atoms with Gasteiger partial charge in [0.15, 0.2) is 0 Å². The Morgan fingerprint density at radius 3 is 2.82 bits per heavy atom. The first-order chi connectivity index (χ1) is 13.6. The molecule has 28 heavy (non-hydrogen) atoms. The van der Waals surface area contributed by atoms with Gasteiger partial charge in [-0.25, -0.2) is 0 Å². The van der Waals surface area contributed by atoms with E-state index < -0.39 is 0 Å². The van der Waals surface area contributed by atoms with Crippen molar-refractivity contribution in [1.29, 1.82) is 0 Å². The van der Waals surface area contributed by atoms with Gasteiger partial charge in [-0.3, -0.25) is 9.59 Å². The molecule has 5 nitrogen and oxygen atoms in total. The van der Waals surface area contributed by atoms with Crippen molar-refractivity contribution in [3.8, 4) is 0 Å². The number of aromatic nitrogens is 1. The number of hydrogen-bond acceptors (Lipinski definition) is 2. The summed E-state index contributed by atoms with van der Waals surface area (Å²) in [6.45, 7) is 1.55. The summed E-state index contributed by atoms with van der Waals surface area (Å²) in [5, 5.41) is 4.64. The number of nitrogens with zero attached hydrogens (tertiary/aromatic N) is 1. The van der Waals surface area contributed by atoms with Gasteiger partial charge < -0.3 is 15.2 Å². The predicted molar refractivity (Wildman–Crippen MR) is 110 cm³/mol. The van der Waals surface area contributed by atoms with E-state index in [-0.39, 0.29) is 17.7 Å². The molecule has 1 aromatic heterocycles. The lowest BCUT2D eigenvalue weighted by Gasteiger charge is -2.31. The largest absolute Gasteiger partial charge is 0.352 e. The Morgan fingerprint density at radius 1 is 1.14 bits per heavy atom. The van der Waals surface area contributed by atoms with E-state index in [1.54, 1.807) is 4.90 Å². The summed E-state index contributed by atoms with van der Waals surface area (Å²) in [7, 11) is 0. The second-order valence-corrected chi connectivity index (χ2v) is 7.64. The molecule has 1 unspecified atom stereocenters. The summed E-state index contributed by atoms with van der Waals surface area (Å²) in [5.41, 5.74) is 2.47. The van der Waals surface area contributed by atoms with Crippen LogP contribution in [0.1, 0.15) is 28.9 Å². The fourth-order valence-electron chi connectivity index (χ4n) is 3.71. The summed E-state index contributed by atoms with van der Waals surface area (Å²) in [4.78, 5) is 30.5. The van der Waals surface area contributed by atoms with E-state index in [0.29, 0.717) is 30.4 Å². The van der Waals surface area contributed by atoms with Crippen LogP contribution in [-0.4, -0.2) is 34.8 Å². The highest BCUT2D eigenvalue weighted by Crippen LogP contribution is 2.21. The molecule has 2 heterocycles. The number of piperidine rings is 1. The van der Waals surface area contributed by atoms with E-state index in [9.17, 15) is 9.59 Å². The Kier molecular flexibility index (Phi) is 5.35. The van der Waals surface area contributed by atoms with Crippen molar-refractivity contribution < 1.29 is 9.59 Å². The van der Waals surface area contributed by atoms with Gasteiger partial charge in [0.05, 0.1) is 5.92 Å². The van der Waals surface area contributed by atoms with Crippen LogP contribution in [0, 0.1) is 5.92 Å². The van der Waals surface area contributed by atoms with Crippen LogP contribution in [0.25, 0.3) is 10.9 Å². The van der Waals surface area contributed by atoms with Crippen molar-refractivity contribution >= 4 is 34.3 Å². The Hall–Kier alpha value is -2.79. The standard InChI is InChI=1S/C22H22ClN3O2/c23-18-8-3-5-15(11-18)13-24-21(27)17-7-4-10-26(14-17)22(28)20-12-16-6-1-2-9-19(16)25-20/h1-3,5-6,8-9,11-12,17,25H,4,7,10,13-14H2,(H,24,27). The van der Waals surface area contributed by atoms with E-state index in [1.807, 2.05) is 54.6 Å². The molecule has 0 spiro atoms. The number of carbonyl (C=O) groups excluding carboxylic acids is 2. The van der Waals surface area contributed by atoms with Crippen LogP contribution in [0.15, 0.2) is 54.6 Å². The molecule has 3 aromatic rings. The van der Waals surface area contributed by atoms with Crippen molar-refractivity contribution in [3.05, 3.63) is 70.9 Å².